The molecular weight excluding hydrogens is 297 g/mol. The van der Waals surface area contributed by atoms with Crippen molar-refractivity contribution in [3.63, 3.8) is 0 Å². The van der Waals surface area contributed by atoms with Gasteiger partial charge in [0.15, 0.2) is 0 Å². The van der Waals surface area contributed by atoms with E-state index in [9.17, 15) is 23.1 Å². The first-order valence-corrected chi connectivity index (χ1v) is 5.88. The van der Waals surface area contributed by atoms with E-state index in [0.717, 1.165) is 0 Å². The van der Waals surface area contributed by atoms with Gasteiger partial charge in [-0.3, -0.25) is 10.2 Å². The lowest BCUT2D eigenvalue weighted by Gasteiger charge is -2.33. The Morgan fingerprint density at radius 3 is 2.65 bits per heavy atom. The van der Waals surface area contributed by atoms with Crippen LogP contribution in [-0.2, 0) is 0 Å². The van der Waals surface area contributed by atoms with Gasteiger partial charge < -0.3 is 5.11 Å². The number of nitrogens with zero attached hydrogens (tertiary/aromatic N) is 1. The normalized spacial score (nSPS) is 22.5. The molecule has 0 saturated carbocycles. The van der Waals surface area contributed by atoms with Crippen LogP contribution in [-0.4, -0.2) is 27.9 Å². The number of amides is 1. The van der Waals surface area contributed by atoms with Gasteiger partial charge in [-0.2, -0.15) is 13.2 Å². The number of alkyl halides is 3. The second-order valence-electron chi connectivity index (χ2n) is 4.31. The average Bonchev–Trinajstić information content (AvgIpc) is 2.64. The van der Waals surface area contributed by atoms with Crippen LogP contribution < -0.4 is 5.43 Å². The Labute approximate surface area is 117 Å². The number of allylic oxidation sites excluding steroid dienone is 1. The van der Waals surface area contributed by atoms with Crippen LogP contribution in [0.1, 0.15) is 17.3 Å². The van der Waals surface area contributed by atoms with Gasteiger partial charge in [-0.1, -0.05) is 17.7 Å². The number of carbonyl (C=O) groups excluding carboxylic acids is 1. The lowest BCUT2D eigenvalue weighted by atomic mass is 10.1. The van der Waals surface area contributed by atoms with Gasteiger partial charge in [0, 0.05) is 16.3 Å². The summed E-state index contributed by atoms with van der Waals surface area (Å²) in [5.74, 6) is -1.04. The van der Waals surface area contributed by atoms with Gasteiger partial charge in [0.05, 0.1) is 0 Å². The van der Waals surface area contributed by atoms with E-state index in [-0.39, 0.29) is 21.3 Å². The fourth-order valence-corrected chi connectivity index (χ4v) is 2.02. The number of hydrazine groups is 1. The monoisotopic (exact) mass is 306 g/mol. The summed E-state index contributed by atoms with van der Waals surface area (Å²) in [6, 6.07) is 5.43. The molecule has 20 heavy (non-hydrogen) atoms. The van der Waals surface area contributed by atoms with Gasteiger partial charge in [0.25, 0.3) is 11.6 Å². The maximum Gasteiger partial charge on any atom is 0.442 e. The summed E-state index contributed by atoms with van der Waals surface area (Å²) in [5.41, 5.74) is -1.25. The molecule has 0 fully saturated rings. The molecule has 1 heterocycles. The van der Waals surface area contributed by atoms with Crippen molar-refractivity contribution < 1.29 is 23.1 Å². The van der Waals surface area contributed by atoms with E-state index < -0.39 is 17.8 Å². The topological polar surface area (TPSA) is 52.6 Å². The van der Waals surface area contributed by atoms with Crippen LogP contribution >= 0.6 is 11.6 Å². The van der Waals surface area contributed by atoms with Crippen molar-refractivity contribution in [3.8, 4) is 0 Å². The van der Waals surface area contributed by atoms with E-state index in [1.165, 1.54) is 31.2 Å². The molecule has 4 nitrogen and oxygen atoms in total. The first-order chi connectivity index (χ1) is 9.15. The molecule has 0 spiro atoms. The number of benzene rings is 1. The summed E-state index contributed by atoms with van der Waals surface area (Å²) in [5, 5.41) is 10.1. The van der Waals surface area contributed by atoms with Gasteiger partial charge in [0.1, 0.15) is 0 Å². The molecule has 8 heteroatoms. The Hall–Kier alpha value is -1.73. The van der Waals surface area contributed by atoms with Gasteiger partial charge in [-0.15, -0.1) is 0 Å². The molecule has 0 saturated heterocycles. The van der Waals surface area contributed by atoms with Crippen molar-refractivity contribution in [2.24, 2.45) is 0 Å². The third kappa shape index (κ3) is 2.34. The Bertz CT molecular complexity index is 588. The maximum absolute atomic E-state index is 13.0. The largest absolute Gasteiger partial charge is 0.442 e. The van der Waals surface area contributed by atoms with Crippen LogP contribution in [0.2, 0.25) is 5.02 Å². The van der Waals surface area contributed by atoms with Crippen molar-refractivity contribution in [3.05, 3.63) is 46.6 Å². The van der Waals surface area contributed by atoms with E-state index in [0.29, 0.717) is 6.08 Å². The zero-order valence-corrected chi connectivity index (χ0v) is 11.0. The summed E-state index contributed by atoms with van der Waals surface area (Å²) in [6.07, 6.45) is -4.50. The van der Waals surface area contributed by atoms with Crippen molar-refractivity contribution in [2.75, 3.05) is 0 Å². The highest BCUT2D eigenvalue weighted by atomic mass is 35.5. The van der Waals surface area contributed by atoms with Crippen LogP contribution in [0, 0.1) is 0 Å². The predicted molar refractivity (Wildman–Crippen MR) is 65.5 cm³/mol. The number of hydrogen-bond donors (Lipinski definition) is 2. The highest BCUT2D eigenvalue weighted by molar-refractivity contribution is 6.30. The number of rotatable bonds is 1. The maximum atomic E-state index is 13.0. The van der Waals surface area contributed by atoms with E-state index in [1.807, 2.05) is 0 Å². The second-order valence-corrected chi connectivity index (χ2v) is 4.75. The minimum atomic E-state index is -5.04. The first kappa shape index (κ1) is 14.7. The Balaban J connectivity index is 2.40. The van der Waals surface area contributed by atoms with Crippen molar-refractivity contribution in [2.45, 2.75) is 18.8 Å². The molecule has 0 bridgehead atoms. The Morgan fingerprint density at radius 2 is 2.10 bits per heavy atom. The summed E-state index contributed by atoms with van der Waals surface area (Å²) in [4.78, 5) is 12.1. The molecule has 1 aromatic rings. The van der Waals surface area contributed by atoms with Gasteiger partial charge in [0.2, 0.25) is 0 Å². The number of aliphatic hydroxyl groups is 1. The molecule has 2 N–H and O–H groups in total. The molecule has 1 aliphatic heterocycles. The molecule has 0 aromatic heterocycles. The van der Waals surface area contributed by atoms with E-state index >= 15 is 0 Å². The molecule has 1 atom stereocenters. The molecule has 0 radical (unpaired) electrons. The van der Waals surface area contributed by atoms with Gasteiger partial charge >= 0.3 is 6.18 Å². The molecule has 1 amide bonds. The van der Waals surface area contributed by atoms with Crippen molar-refractivity contribution in [1.29, 1.82) is 0 Å². The van der Waals surface area contributed by atoms with Gasteiger partial charge in [-0.25, -0.2) is 5.01 Å². The minimum absolute atomic E-state index is 0.0141. The third-order valence-corrected chi connectivity index (χ3v) is 2.97. The van der Waals surface area contributed by atoms with Crippen LogP contribution in [0.5, 0.6) is 0 Å². The fourth-order valence-electron chi connectivity index (χ4n) is 1.83. The molecule has 1 unspecified atom stereocenters. The second kappa shape index (κ2) is 4.68. The summed E-state index contributed by atoms with van der Waals surface area (Å²) < 4.78 is 38.9. The van der Waals surface area contributed by atoms with Gasteiger partial charge in [-0.05, 0) is 31.2 Å². The number of halogens is 4. The third-order valence-electron chi connectivity index (χ3n) is 2.74. The lowest BCUT2D eigenvalue weighted by molar-refractivity contribution is -0.283. The molecule has 2 rings (SSSR count). The Morgan fingerprint density at radius 1 is 1.45 bits per heavy atom. The molecule has 0 aliphatic carbocycles. The van der Waals surface area contributed by atoms with Crippen molar-refractivity contribution in [1.82, 2.24) is 10.4 Å². The van der Waals surface area contributed by atoms with E-state index in [4.69, 9.17) is 11.6 Å². The SMILES string of the molecule is CC1=CC(O)(C(F)(F)F)N(C(=O)c2cccc(Cl)c2)N1. The smallest absolute Gasteiger partial charge is 0.359 e. The highest BCUT2D eigenvalue weighted by Gasteiger charge is 2.61. The standard InChI is InChI=1S/C12H10ClF3N2O2/c1-7-6-11(20,12(14,15)16)18(17-7)10(19)8-3-2-4-9(13)5-8/h2-6,17,20H,1H3. The van der Waals surface area contributed by atoms with E-state index in [2.05, 4.69) is 5.43 Å². The zero-order valence-electron chi connectivity index (χ0n) is 10.2. The van der Waals surface area contributed by atoms with Crippen LogP contribution in [0.25, 0.3) is 0 Å². The van der Waals surface area contributed by atoms with Crippen LogP contribution in [0.3, 0.4) is 0 Å². The van der Waals surface area contributed by atoms with Crippen LogP contribution in [0.4, 0.5) is 13.2 Å². The summed E-state index contributed by atoms with van der Waals surface area (Å²) in [7, 11) is 0. The number of nitrogens with one attached hydrogen (secondary N) is 1. The summed E-state index contributed by atoms with van der Waals surface area (Å²) in [6.45, 7) is 1.31. The number of carbonyl (C=O) groups is 1. The first-order valence-electron chi connectivity index (χ1n) is 5.50. The minimum Gasteiger partial charge on any atom is -0.359 e. The Kier molecular flexibility index (Phi) is 3.43. The lowest BCUT2D eigenvalue weighted by Crippen LogP contribution is -2.60. The quantitative estimate of drug-likeness (QED) is 0.838. The molecule has 1 aromatic carbocycles. The van der Waals surface area contributed by atoms with Crippen molar-refractivity contribution >= 4 is 17.5 Å². The van der Waals surface area contributed by atoms with Crippen LogP contribution in [0.15, 0.2) is 36.0 Å². The predicted octanol–water partition coefficient (Wildman–Crippen LogP) is 2.46. The molecular formula is C12H10ClF3N2O2. The molecule has 1 aliphatic rings. The summed E-state index contributed by atoms with van der Waals surface area (Å²) >= 11 is 5.70. The highest BCUT2D eigenvalue weighted by Crippen LogP contribution is 2.38. The average molecular weight is 307 g/mol. The van der Waals surface area contributed by atoms with E-state index in [1.54, 1.807) is 0 Å². The fraction of sp³-hybridized carbons (Fsp3) is 0.250. The molecule has 108 valence electrons. The number of hydrogen-bond acceptors (Lipinski definition) is 3. The zero-order chi connectivity index (χ0) is 15.1.